The minimum absolute atomic E-state index is 0.176. The molecule has 4 rings (SSSR count). The molecule has 1 N–H and O–H groups in total. The Balaban J connectivity index is 1.96. The van der Waals surface area contributed by atoms with E-state index in [1.165, 1.54) is 6.20 Å². The number of rotatable bonds is 4. The van der Waals surface area contributed by atoms with Crippen LogP contribution in [0.25, 0.3) is 27.9 Å². The minimum Gasteiger partial charge on any atom is -0.305 e. The van der Waals surface area contributed by atoms with Gasteiger partial charge in [-0.25, -0.2) is 14.3 Å². The molecule has 0 bridgehead atoms. The molecular formula is C24H20N4O2. The molecule has 30 heavy (non-hydrogen) atoms. The second-order valence-electron chi connectivity index (χ2n) is 7.02. The van der Waals surface area contributed by atoms with Crippen molar-refractivity contribution in [3.63, 3.8) is 0 Å². The third-order valence-electron chi connectivity index (χ3n) is 5.07. The number of aromatic amines is 1. The summed E-state index contributed by atoms with van der Waals surface area (Å²) in [5.74, 6) is 0. The van der Waals surface area contributed by atoms with Gasteiger partial charge in [-0.2, -0.15) is 0 Å². The van der Waals surface area contributed by atoms with Crippen LogP contribution < -0.4 is 11.2 Å². The zero-order valence-electron chi connectivity index (χ0n) is 16.7. The van der Waals surface area contributed by atoms with E-state index in [-0.39, 0.29) is 5.52 Å². The third-order valence-corrected chi connectivity index (χ3v) is 5.07. The highest BCUT2D eigenvalue weighted by atomic mass is 16.2. The van der Waals surface area contributed by atoms with Crippen LogP contribution in [0.5, 0.6) is 0 Å². The standard InChI is InChI=1S/C24H20N4O2/c1-15-8-4-6-10-18(15)17-12-20-22(26-13-17)23(29)28(24(30)27-20)21(14-25-3)19-11-7-5-9-16(19)2/h4-14H,3H2,1-2H3,(H,27,30)/b21-14+. The van der Waals surface area contributed by atoms with E-state index >= 15 is 0 Å². The Morgan fingerprint density at radius 1 is 1.07 bits per heavy atom. The van der Waals surface area contributed by atoms with Crippen molar-refractivity contribution in [3.8, 4) is 11.1 Å². The van der Waals surface area contributed by atoms with Gasteiger partial charge in [0.1, 0.15) is 0 Å². The number of pyridine rings is 1. The van der Waals surface area contributed by atoms with Gasteiger partial charge in [0.25, 0.3) is 5.56 Å². The number of fused-ring (bicyclic) bond motifs is 1. The monoisotopic (exact) mass is 396 g/mol. The van der Waals surface area contributed by atoms with Crippen molar-refractivity contribution in [1.82, 2.24) is 14.5 Å². The number of H-pyrrole nitrogens is 1. The Kier molecular flexibility index (Phi) is 4.98. The summed E-state index contributed by atoms with van der Waals surface area (Å²) in [7, 11) is 0. The molecule has 0 atom stereocenters. The molecule has 0 amide bonds. The maximum Gasteiger partial charge on any atom is 0.333 e. The van der Waals surface area contributed by atoms with Gasteiger partial charge in [-0.05, 0) is 43.3 Å². The van der Waals surface area contributed by atoms with Crippen LogP contribution in [0.4, 0.5) is 0 Å². The molecule has 0 radical (unpaired) electrons. The van der Waals surface area contributed by atoms with E-state index in [0.717, 1.165) is 26.8 Å². The van der Waals surface area contributed by atoms with E-state index in [9.17, 15) is 9.59 Å². The van der Waals surface area contributed by atoms with Gasteiger partial charge in [0.15, 0.2) is 5.52 Å². The lowest BCUT2D eigenvalue weighted by atomic mass is 10.0. The Morgan fingerprint density at radius 2 is 1.77 bits per heavy atom. The second kappa shape index (κ2) is 7.75. The number of aliphatic imine (C=N–C) groups is 1. The Labute approximate surface area is 172 Å². The molecule has 0 fully saturated rings. The van der Waals surface area contributed by atoms with Gasteiger partial charge in [0.2, 0.25) is 0 Å². The number of nitrogens with zero attached hydrogens (tertiary/aromatic N) is 3. The van der Waals surface area contributed by atoms with Gasteiger partial charge < -0.3 is 4.98 Å². The van der Waals surface area contributed by atoms with E-state index in [1.54, 1.807) is 12.3 Å². The van der Waals surface area contributed by atoms with Crippen LogP contribution in [0.3, 0.4) is 0 Å². The SMILES string of the molecule is C=N/C=C(\c1ccccc1C)n1c(=O)[nH]c2cc(-c3ccccc3C)cnc2c1=O. The first-order valence-corrected chi connectivity index (χ1v) is 9.44. The summed E-state index contributed by atoms with van der Waals surface area (Å²) in [6.45, 7) is 7.39. The van der Waals surface area contributed by atoms with Crippen molar-refractivity contribution in [1.29, 1.82) is 0 Å². The fourth-order valence-corrected chi connectivity index (χ4v) is 3.56. The molecule has 6 heteroatoms. The smallest absolute Gasteiger partial charge is 0.305 e. The first-order chi connectivity index (χ1) is 14.5. The molecule has 0 aliphatic heterocycles. The lowest BCUT2D eigenvalue weighted by molar-refractivity contribution is 0.913. The van der Waals surface area contributed by atoms with E-state index in [4.69, 9.17) is 0 Å². The van der Waals surface area contributed by atoms with E-state index in [0.29, 0.717) is 16.8 Å². The van der Waals surface area contributed by atoms with E-state index in [1.807, 2.05) is 62.4 Å². The lowest BCUT2D eigenvalue weighted by Gasteiger charge is -2.13. The minimum atomic E-state index is -0.561. The van der Waals surface area contributed by atoms with Gasteiger partial charge in [-0.3, -0.25) is 9.79 Å². The molecule has 0 aliphatic carbocycles. The highest BCUT2D eigenvalue weighted by Crippen LogP contribution is 2.24. The summed E-state index contributed by atoms with van der Waals surface area (Å²) in [6, 6.07) is 17.1. The average molecular weight is 396 g/mol. The highest BCUT2D eigenvalue weighted by molar-refractivity contribution is 5.81. The summed E-state index contributed by atoms with van der Waals surface area (Å²) in [6.07, 6.45) is 3.06. The van der Waals surface area contributed by atoms with E-state index in [2.05, 4.69) is 21.7 Å². The normalized spacial score (nSPS) is 11.6. The summed E-state index contributed by atoms with van der Waals surface area (Å²) in [4.78, 5) is 37.2. The number of aryl methyl sites for hydroxylation is 2. The average Bonchev–Trinajstić information content (AvgIpc) is 2.73. The maximum atomic E-state index is 13.2. The van der Waals surface area contributed by atoms with Crippen LogP contribution in [-0.4, -0.2) is 21.3 Å². The summed E-state index contributed by atoms with van der Waals surface area (Å²) >= 11 is 0. The van der Waals surface area contributed by atoms with Crippen molar-refractivity contribution in [2.75, 3.05) is 0 Å². The number of nitrogens with one attached hydrogen (secondary N) is 1. The third kappa shape index (κ3) is 3.28. The zero-order chi connectivity index (χ0) is 21.3. The van der Waals surface area contributed by atoms with Crippen LogP contribution in [0.2, 0.25) is 0 Å². The van der Waals surface area contributed by atoms with Crippen LogP contribution in [0, 0.1) is 13.8 Å². The summed E-state index contributed by atoms with van der Waals surface area (Å²) in [5.41, 5.74) is 4.36. The largest absolute Gasteiger partial charge is 0.333 e. The number of aromatic nitrogens is 3. The summed E-state index contributed by atoms with van der Waals surface area (Å²) < 4.78 is 1.06. The first-order valence-electron chi connectivity index (χ1n) is 9.44. The fourth-order valence-electron chi connectivity index (χ4n) is 3.56. The van der Waals surface area contributed by atoms with E-state index < -0.39 is 11.2 Å². The van der Waals surface area contributed by atoms with Crippen molar-refractivity contribution in [2.24, 2.45) is 4.99 Å². The molecule has 2 heterocycles. The van der Waals surface area contributed by atoms with Crippen molar-refractivity contribution in [2.45, 2.75) is 13.8 Å². The molecule has 0 aliphatic rings. The molecule has 2 aromatic carbocycles. The van der Waals surface area contributed by atoms with Gasteiger partial charge in [0, 0.05) is 17.3 Å². The molecule has 0 spiro atoms. The molecule has 4 aromatic rings. The van der Waals surface area contributed by atoms with Gasteiger partial charge in [0.05, 0.1) is 17.4 Å². The van der Waals surface area contributed by atoms with Crippen LogP contribution in [-0.2, 0) is 0 Å². The molecule has 6 nitrogen and oxygen atoms in total. The lowest BCUT2D eigenvalue weighted by Crippen LogP contribution is -2.35. The molecule has 0 saturated carbocycles. The quantitative estimate of drug-likeness (QED) is 0.531. The Hall–Kier alpha value is -4.06. The van der Waals surface area contributed by atoms with Crippen molar-refractivity contribution in [3.05, 3.63) is 105 Å². The van der Waals surface area contributed by atoms with Gasteiger partial charge >= 0.3 is 5.69 Å². The Bertz CT molecular complexity index is 1430. The van der Waals surface area contributed by atoms with Crippen molar-refractivity contribution < 1.29 is 0 Å². The molecule has 148 valence electrons. The van der Waals surface area contributed by atoms with Crippen LogP contribution in [0.1, 0.15) is 16.7 Å². The number of benzene rings is 2. The topological polar surface area (TPSA) is 80.1 Å². The van der Waals surface area contributed by atoms with Crippen molar-refractivity contribution >= 4 is 23.4 Å². The zero-order valence-corrected chi connectivity index (χ0v) is 16.7. The number of hydrogen-bond acceptors (Lipinski definition) is 4. The maximum absolute atomic E-state index is 13.2. The second-order valence-corrected chi connectivity index (χ2v) is 7.02. The van der Waals surface area contributed by atoms with Gasteiger partial charge in [-0.15, -0.1) is 0 Å². The summed E-state index contributed by atoms with van der Waals surface area (Å²) in [5, 5.41) is 0. The molecule has 0 saturated heterocycles. The molecule has 2 aromatic heterocycles. The van der Waals surface area contributed by atoms with Crippen LogP contribution in [0.15, 0.2) is 81.6 Å². The first kappa shape index (κ1) is 19.3. The molecular weight excluding hydrogens is 376 g/mol. The fraction of sp³-hybridized carbons (Fsp3) is 0.0833. The predicted octanol–water partition coefficient (Wildman–Crippen LogP) is 3.92. The predicted molar refractivity (Wildman–Crippen MR) is 121 cm³/mol. The molecule has 0 unspecified atom stereocenters. The van der Waals surface area contributed by atoms with Gasteiger partial charge in [-0.1, -0.05) is 48.5 Å². The highest BCUT2D eigenvalue weighted by Gasteiger charge is 2.16. The number of hydrogen-bond donors (Lipinski definition) is 1. The Morgan fingerprint density at radius 3 is 2.47 bits per heavy atom. The van der Waals surface area contributed by atoms with Crippen LogP contribution >= 0.6 is 0 Å².